The molecule has 0 aromatic heterocycles. The summed E-state index contributed by atoms with van der Waals surface area (Å²) in [6.45, 7) is 0. The molecule has 1 heterocycles. The second kappa shape index (κ2) is 4.88. The second-order valence-electron chi connectivity index (χ2n) is 5.00. The number of nitrogens with one attached hydrogen (secondary N) is 1. The van der Waals surface area contributed by atoms with E-state index in [-0.39, 0.29) is 17.7 Å². The molecule has 1 aliphatic heterocycles. The van der Waals surface area contributed by atoms with E-state index in [0.29, 0.717) is 12.0 Å². The monoisotopic (exact) mass is 256 g/mol. The lowest BCUT2D eigenvalue weighted by molar-refractivity contribution is -0.128. The Balaban J connectivity index is 1.77. The summed E-state index contributed by atoms with van der Waals surface area (Å²) in [5, 5.41) is 1.44. The van der Waals surface area contributed by atoms with E-state index in [9.17, 15) is 9.59 Å². The third-order valence-corrected chi connectivity index (χ3v) is 3.71. The summed E-state index contributed by atoms with van der Waals surface area (Å²) < 4.78 is 0. The van der Waals surface area contributed by atoms with Gasteiger partial charge in [-0.05, 0) is 31.4 Å². The van der Waals surface area contributed by atoms with Crippen LogP contribution in [0.15, 0.2) is 42.1 Å². The molecule has 1 aliphatic carbocycles. The highest BCUT2D eigenvalue weighted by Gasteiger charge is 2.36. The Labute approximate surface area is 112 Å². The first-order chi connectivity index (χ1) is 9.25. The van der Waals surface area contributed by atoms with Crippen molar-refractivity contribution >= 4 is 11.8 Å². The number of nitrogens with zero attached hydrogens (tertiary/aromatic N) is 1. The molecule has 1 aromatic rings. The Bertz CT molecular complexity index is 536. The van der Waals surface area contributed by atoms with Gasteiger partial charge in [-0.1, -0.05) is 24.3 Å². The Kier molecular flexibility index (Phi) is 3.07. The van der Waals surface area contributed by atoms with Crippen molar-refractivity contribution in [1.82, 2.24) is 10.4 Å². The Hall–Kier alpha value is -2.10. The van der Waals surface area contributed by atoms with Crippen molar-refractivity contribution in [3.8, 4) is 0 Å². The summed E-state index contributed by atoms with van der Waals surface area (Å²) in [6.07, 6.45) is 5.74. The van der Waals surface area contributed by atoms with Gasteiger partial charge < -0.3 is 0 Å². The van der Waals surface area contributed by atoms with Crippen molar-refractivity contribution in [3.05, 3.63) is 47.7 Å². The number of benzene rings is 1. The number of fused-ring (bicyclic) bond motifs is 1. The van der Waals surface area contributed by atoms with E-state index in [4.69, 9.17) is 0 Å². The summed E-state index contributed by atoms with van der Waals surface area (Å²) in [6, 6.07) is 8.95. The molecule has 0 radical (unpaired) electrons. The number of hydrogen-bond donors (Lipinski definition) is 1. The molecule has 1 atom stereocenters. The number of carbonyl (C=O) groups is 2. The first kappa shape index (κ1) is 12.0. The minimum absolute atomic E-state index is 0.0116. The van der Waals surface area contributed by atoms with Crippen molar-refractivity contribution in [2.24, 2.45) is 5.92 Å². The van der Waals surface area contributed by atoms with Crippen LogP contribution in [0.1, 0.15) is 36.0 Å². The summed E-state index contributed by atoms with van der Waals surface area (Å²) >= 11 is 0. The highest BCUT2D eigenvalue weighted by molar-refractivity contribution is 5.96. The molecule has 4 heteroatoms. The molecule has 98 valence electrons. The number of amides is 2. The number of hydrogen-bond acceptors (Lipinski definition) is 2. The summed E-state index contributed by atoms with van der Waals surface area (Å²) in [5.74, 6) is 0.0424. The second-order valence-corrected chi connectivity index (χ2v) is 5.00. The fourth-order valence-corrected chi connectivity index (χ4v) is 2.74. The molecular formula is C15H16N2O2. The Morgan fingerprint density at radius 2 is 2.05 bits per heavy atom. The molecule has 1 fully saturated rings. The molecule has 2 amide bonds. The Morgan fingerprint density at radius 1 is 1.26 bits per heavy atom. The Morgan fingerprint density at radius 3 is 2.84 bits per heavy atom. The van der Waals surface area contributed by atoms with Gasteiger partial charge in [-0.2, -0.15) is 0 Å². The van der Waals surface area contributed by atoms with E-state index in [1.807, 2.05) is 18.2 Å². The van der Waals surface area contributed by atoms with Gasteiger partial charge in [-0.3, -0.25) is 15.0 Å². The summed E-state index contributed by atoms with van der Waals surface area (Å²) in [4.78, 5) is 24.1. The number of carbonyl (C=O) groups excluding carboxylic acids is 2. The summed E-state index contributed by atoms with van der Waals surface area (Å²) in [7, 11) is 0. The lowest BCUT2D eigenvalue weighted by Gasteiger charge is -2.23. The van der Waals surface area contributed by atoms with Crippen LogP contribution in [0.25, 0.3) is 0 Å². The van der Waals surface area contributed by atoms with Crippen LogP contribution in [0.3, 0.4) is 0 Å². The molecule has 0 bridgehead atoms. The van der Waals surface area contributed by atoms with Crippen LogP contribution < -0.4 is 5.43 Å². The third-order valence-electron chi connectivity index (χ3n) is 3.71. The number of allylic oxidation sites excluding steroid dienone is 2. The molecule has 3 rings (SSSR count). The van der Waals surface area contributed by atoms with Gasteiger partial charge in [0.05, 0.1) is 0 Å². The molecular weight excluding hydrogens is 240 g/mol. The molecule has 1 saturated heterocycles. The van der Waals surface area contributed by atoms with Gasteiger partial charge in [-0.15, -0.1) is 0 Å². The topological polar surface area (TPSA) is 49.4 Å². The van der Waals surface area contributed by atoms with Gasteiger partial charge in [0.2, 0.25) is 5.91 Å². The molecule has 2 aliphatic rings. The van der Waals surface area contributed by atoms with Crippen LogP contribution in [-0.4, -0.2) is 16.8 Å². The first-order valence-electron chi connectivity index (χ1n) is 6.65. The zero-order valence-electron chi connectivity index (χ0n) is 10.6. The van der Waals surface area contributed by atoms with Crippen molar-refractivity contribution in [3.63, 3.8) is 0 Å². The van der Waals surface area contributed by atoms with Crippen molar-refractivity contribution in [2.75, 3.05) is 0 Å². The predicted molar refractivity (Wildman–Crippen MR) is 70.8 cm³/mol. The van der Waals surface area contributed by atoms with Gasteiger partial charge in [-0.25, -0.2) is 5.01 Å². The molecule has 1 unspecified atom stereocenters. The van der Waals surface area contributed by atoms with E-state index in [1.165, 1.54) is 5.01 Å². The maximum atomic E-state index is 12.1. The largest absolute Gasteiger partial charge is 0.273 e. The normalized spacial score (nSPS) is 21.9. The fraction of sp³-hybridized carbons (Fsp3) is 0.333. The van der Waals surface area contributed by atoms with Gasteiger partial charge in [0.25, 0.3) is 5.91 Å². The molecule has 1 aromatic carbocycles. The van der Waals surface area contributed by atoms with Crippen LogP contribution in [0.2, 0.25) is 0 Å². The SMILES string of the molecule is O=C(NN1C(=O)CC2CCCC=C21)c1ccccc1. The first-order valence-corrected chi connectivity index (χ1v) is 6.65. The van der Waals surface area contributed by atoms with Gasteiger partial charge in [0.15, 0.2) is 0 Å². The maximum Gasteiger partial charge on any atom is 0.270 e. The summed E-state index contributed by atoms with van der Waals surface area (Å²) in [5.41, 5.74) is 4.26. The van der Waals surface area contributed by atoms with E-state index in [1.54, 1.807) is 12.1 Å². The average Bonchev–Trinajstić information content (AvgIpc) is 2.76. The van der Waals surface area contributed by atoms with Gasteiger partial charge in [0.1, 0.15) is 0 Å². The zero-order chi connectivity index (χ0) is 13.2. The molecule has 4 nitrogen and oxygen atoms in total. The minimum Gasteiger partial charge on any atom is -0.273 e. The van der Waals surface area contributed by atoms with Crippen molar-refractivity contribution in [1.29, 1.82) is 0 Å². The lowest BCUT2D eigenvalue weighted by atomic mass is 9.93. The van der Waals surface area contributed by atoms with Crippen LogP contribution in [-0.2, 0) is 4.79 Å². The standard InChI is InChI=1S/C15H16N2O2/c18-14-10-12-8-4-5-9-13(12)17(14)16-15(19)11-6-2-1-3-7-11/h1-3,6-7,9,12H,4-5,8,10H2,(H,16,19). The molecule has 0 spiro atoms. The average molecular weight is 256 g/mol. The highest BCUT2D eigenvalue weighted by Crippen LogP contribution is 2.35. The predicted octanol–water partition coefficient (Wildman–Crippen LogP) is 2.25. The van der Waals surface area contributed by atoms with E-state index >= 15 is 0 Å². The number of hydrazine groups is 1. The van der Waals surface area contributed by atoms with Crippen LogP contribution in [0.5, 0.6) is 0 Å². The lowest BCUT2D eigenvalue weighted by Crippen LogP contribution is -2.42. The van der Waals surface area contributed by atoms with Crippen LogP contribution in [0, 0.1) is 5.92 Å². The van der Waals surface area contributed by atoms with Crippen LogP contribution in [0.4, 0.5) is 0 Å². The molecule has 0 saturated carbocycles. The highest BCUT2D eigenvalue weighted by atomic mass is 16.2. The van der Waals surface area contributed by atoms with E-state index in [0.717, 1.165) is 25.0 Å². The van der Waals surface area contributed by atoms with Crippen molar-refractivity contribution in [2.45, 2.75) is 25.7 Å². The smallest absolute Gasteiger partial charge is 0.270 e. The molecule has 1 N–H and O–H groups in total. The fourth-order valence-electron chi connectivity index (χ4n) is 2.74. The van der Waals surface area contributed by atoms with Crippen molar-refractivity contribution < 1.29 is 9.59 Å². The van der Waals surface area contributed by atoms with Gasteiger partial charge in [0, 0.05) is 23.6 Å². The van der Waals surface area contributed by atoms with Crippen LogP contribution >= 0.6 is 0 Å². The minimum atomic E-state index is -0.235. The maximum absolute atomic E-state index is 12.1. The van der Waals surface area contributed by atoms with E-state index in [2.05, 4.69) is 11.5 Å². The zero-order valence-corrected chi connectivity index (χ0v) is 10.6. The molecule has 19 heavy (non-hydrogen) atoms. The van der Waals surface area contributed by atoms with E-state index < -0.39 is 0 Å². The number of rotatable bonds is 2. The third kappa shape index (κ3) is 2.26. The van der Waals surface area contributed by atoms with Gasteiger partial charge >= 0.3 is 0 Å². The quantitative estimate of drug-likeness (QED) is 0.882.